The summed E-state index contributed by atoms with van der Waals surface area (Å²) in [6, 6.07) is 5.98. The van der Waals surface area contributed by atoms with Crippen LogP contribution in [0.5, 0.6) is 0 Å². The zero-order chi connectivity index (χ0) is 17.0. The van der Waals surface area contributed by atoms with Crippen LogP contribution in [0, 0.1) is 5.82 Å². The Morgan fingerprint density at radius 3 is 2.61 bits per heavy atom. The fourth-order valence-corrected chi connectivity index (χ4v) is 2.50. The molecule has 1 heterocycles. The number of carbonyl (C=O) groups excluding carboxylic acids is 1. The van der Waals surface area contributed by atoms with E-state index in [1.54, 1.807) is 17.5 Å². The number of hydrogen-bond acceptors (Lipinski definition) is 5. The summed E-state index contributed by atoms with van der Waals surface area (Å²) < 4.78 is 12.8. The minimum Gasteiger partial charge on any atom is -0.479 e. The maximum Gasteiger partial charge on any atom is 0.337 e. The van der Waals surface area contributed by atoms with Crippen LogP contribution >= 0.6 is 11.3 Å². The number of nitrogens with zero attached hydrogens (tertiary/aromatic N) is 1. The Balaban J connectivity index is 1.97. The lowest BCUT2D eigenvalue weighted by atomic mass is 10.1. The van der Waals surface area contributed by atoms with Crippen LogP contribution in [0.4, 0.5) is 4.39 Å². The Labute approximate surface area is 135 Å². The number of amides is 1. The van der Waals surface area contributed by atoms with E-state index in [1.165, 1.54) is 23.5 Å². The van der Waals surface area contributed by atoms with Gasteiger partial charge in [0, 0.05) is 11.8 Å². The molecule has 1 amide bonds. The highest BCUT2D eigenvalue weighted by molar-refractivity contribution is 7.09. The molecule has 1 aromatic heterocycles. The molecule has 0 spiro atoms. The highest BCUT2D eigenvalue weighted by atomic mass is 32.1. The smallest absolute Gasteiger partial charge is 0.337 e. The van der Waals surface area contributed by atoms with Crippen LogP contribution in [-0.2, 0) is 11.2 Å². The maximum absolute atomic E-state index is 12.8. The molecule has 0 aliphatic rings. The van der Waals surface area contributed by atoms with E-state index in [4.69, 9.17) is 5.11 Å². The number of carbonyl (C=O) groups is 2. The molecular formula is C15H15FN2O4S. The number of thiazole rings is 1. The van der Waals surface area contributed by atoms with Crippen molar-refractivity contribution in [2.75, 3.05) is 6.54 Å². The van der Waals surface area contributed by atoms with Crippen LogP contribution in [0.1, 0.15) is 28.0 Å². The van der Waals surface area contributed by atoms with E-state index >= 15 is 0 Å². The Morgan fingerprint density at radius 1 is 1.35 bits per heavy atom. The van der Waals surface area contributed by atoms with Crippen molar-refractivity contribution in [2.24, 2.45) is 0 Å². The van der Waals surface area contributed by atoms with Gasteiger partial charge in [-0.25, -0.2) is 14.2 Å². The summed E-state index contributed by atoms with van der Waals surface area (Å²) in [5.74, 6) is -2.31. The minimum atomic E-state index is -2.04. The number of aromatic nitrogens is 1. The Morgan fingerprint density at radius 2 is 2.00 bits per heavy atom. The molecule has 0 saturated carbocycles. The molecule has 3 N–H and O–H groups in total. The Hall–Kier alpha value is -2.32. The monoisotopic (exact) mass is 338 g/mol. The van der Waals surface area contributed by atoms with Gasteiger partial charge in [0.1, 0.15) is 11.5 Å². The molecule has 6 nitrogen and oxygen atoms in total. The summed E-state index contributed by atoms with van der Waals surface area (Å²) >= 11 is 1.27. The molecule has 1 aromatic carbocycles. The second-order valence-corrected chi connectivity index (χ2v) is 6.13. The second kappa shape index (κ2) is 6.84. The van der Waals surface area contributed by atoms with Crippen molar-refractivity contribution < 1.29 is 24.2 Å². The van der Waals surface area contributed by atoms with Crippen molar-refractivity contribution in [3.63, 3.8) is 0 Å². The maximum atomic E-state index is 12.8. The van der Waals surface area contributed by atoms with Gasteiger partial charge in [-0.2, -0.15) is 0 Å². The van der Waals surface area contributed by atoms with Gasteiger partial charge in [0.25, 0.3) is 5.91 Å². The highest BCUT2D eigenvalue weighted by Crippen LogP contribution is 2.15. The van der Waals surface area contributed by atoms with Gasteiger partial charge < -0.3 is 15.5 Å². The molecule has 122 valence electrons. The predicted molar refractivity (Wildman–Crippen MR) is 81.9 cm³/mol. The van der Waals surface area contributed by atoms with Gasteiger partial charge in [-0.05, 0) is 24.6 Å². The van der Waals surface area contributed by atoms with Crippen molar-refractivity contribution in [1.29, 1.82) is 0 Å². The van der Waals surface area contributed by atoms with Crippen molar-refractivity contribution in [3.8, 4) is 0 Å². The lowest BCUT2D eigenvalue weighted by Crippen LogP contribution is -2.46. The molecule has 1 atom stereocenters. The summed E-state index contributed by atoms with van der Waals surface area (Å²) in [6.45, 7) is 0.669. The van der Waals surface area contributed by atoms with Gasteiger partial charge in [0.2, 0.25) is 0 Å². The molecule has 0 aliphatic heterocycles. The van der Waals surface area contributed by atoms with Crippen LogP contribution in [-0.4, -0.2) is 39.2 Å². The largest absolute Gasteiger partial charge is 0.479 e. The topological polar surface area (TPSA) is 99.5 Å². The van der Waals surface area contributed by atoms with E-state index in [2.05, 4.69) is 10.3 Å². The number of aliphatic hydroxyl groups is 1. The number of benzene rings is 1. The first-order valence-corrected chi connectivity index (χ1v) is 7.59. The van der Waals surface area contributed by atoms with Crippen LogP contribution < -0.4 is 5.32 Å². The molecule has 23 heavy (non-hydrogen) atoms. The third kappa shape index (κ3) is 4.57. The Bertz CT molecular complexity index is 713. The molecular weight excluding hydrogens is 323 g/mol. The lowest BCUT2D eigenvalue weighted by molar-refractivity contribution is -0.155. The molecule has 2 aromatic rings. The van der Waals surface area contributed by atoms with Crippen LogP contribution in [0.2, 0.25) is 0 Å². The van der Waals surface area contributed by atoms with Crippen LogP contribution in [0.15, 0.2) is 29.6 Å². The molecule has 0 bridgehead atoms. The second-order valence-electron chi connectivity index (χ2n) is 5.19. The fraction of sp³-hybridized carbons (Fsp3) is 0.267. The molecule has 0 saturated heterocycles. The normalized spacial score (nSPS) is 13.3. The van der Waals surface area contributed by atoms with Gasteiger partial charge in [-0.15, -0.1) is 11.3 Å². The van der Waals surface area contributed by atoms with Crippen molar-refractivity contribution in [3.05, 3.63) is 51.7 Å². The quantitative estimate of drug-likeness (QED) is 0.740. The van der Waals surface area contributed by atoms with Crippen molar-refractivity contribution in [2.45, 2.75) is 18.9 Å². The number of halogens is 1. The SMILES string of the molecule is CC(O)(CNC(=O)c1csc(Cc2ccc(F)cc2)n1)C(=O)O. The van der Waals surface area contributed by atoms with Gasteiger partial charge in [0.05, 0.1) is 11.6 Å². The van der Waals surface area contributed by atoms with Gasteiger partial charge in [-0.3, -0.25) is 4.79 Å². The van der Waals surface area contributed by atoms with Crippen molar-refractivity contribution >= 4 is 23.2 Å². The van der Waals surface area contributed by atoms with Gasteiger partial charge in [-0.1, -0.05) is 12.1 Å². The zero-order valence-electron chi connectivity index (χ0n) is 12.2. The third-order valence-electron chi connectivity index (χ3n) is 3.11. The summed E-state index contributed by atoms with van der Waals surface area (Å²) in [5, 5.41) is 22.9. The average molecular weight is 338 g/mol. The van der Waals surface area contributed by atoms with E-state index in [0.717, 1.165) is 12.5 Å². The third-order valence-corrected chi connectivity index (χ3v) is 3.96. The highest BCUT2D eigenvalue weighted by Gasteiger charge is 2.30. The standard InChI is InChI=1S/C15H15FN2O4S/c1-15(22,14(20)21)8-17-13(19)11-7-23-12(18-11)6-9-2-4-10(16)5-3-9/h2-5,7,22H,6,8H2,1H3,(H,17,19)(H,20,21). The predicted octanol–water partition coefficient (Wildman–Crippen LogP) is 1.44. The first kappa shape index (κ1) is 17.0. The number of aliphatic carboxylic acids is 1. The van der Waals surface area contributed by atoms with E-state index in [9.17, 15) is 19.1 Å². The molecule has 2 rings (SSSR count). The number of nitrogens with one attached hydrogen (secondary N) is 1. The molecule has 0 aliphatic carbocycles. The number of rotatable bonds is 6. The van der Waals surface area contributed by atoms with Crippen molar-refractivity contribution in [1.82, 2.24) is 10.3 Å². The fourth-order valence-electron chi connectivity index (χ4n) is 1.69. The Kier molecular flexibility index (Phi) is 5.07. The van der Waals surface area contributed by atoms with Crippen LogP contribution in [0.25, 0.3) is 0 Å². The van der Waals surface area contributed by atoms with E-state index in [1.807, 2.05) is 0 Å². The van der Waals surface area contributed by atoms with Gasteiger partial charge >= 0.3 is 5.97 Å². The molecule has 1 unspecified atom stereocenters. The number of hydrogen-bond donors (Lipinski definition) is 3. The first-order chi connectivity index (χ1) is 10.8. The zero-order valence-corrected chi connectivity index (χ0v) is 13.1. The van der Waals surface area contributed by atoms with E-state index in [0.29, 0.717) is 11.4 Å². The first-order valence-electron chi connectivity index (χ1n) is 6.71. The minimum absolute atomic E-state index is 0.147. The van der Waals surface area contributed by atoms with Gasteiger partial charge in [0.15, 0.2) is 5.60 Å². The van der Waals surface area contributed by atoms with Crippen LogP contribution in [0.3, 0.4) is 0 Å². The molecule has 0 radical (unpaired) electrons. The summed E-state index contributed by atoms with van der Waals surface area (Å²) in [4.78, 5) is 26.8. The summed E-state index contributed by atoms with van der Waals surface area (Å²) in [6.07, 6.45) is 0.463. The molecule has 8 heteroatoms. The average Bonchev–Trinajstić information content (AvgIpc) is 2.96. The number of carboxylic acid groups (broad SMARTS) is 1. The van der Waals surface area contributed by atoms with E-state index < -0.39 is 24.0 Å². The lowest BCUT2D eigenvalue weighted by Gasteiger charge is -2.17. The number of carboxylic acids is 1. The van der Waals surface area contributed by atoms with E-state index in [-0.39, 0.29) is 11.5 Å². The molecule has 0 fully saturated rings. The summed E-state index contributed by atoms with van der Waals surface area (Å²) in [5.41, 5.74) is -1.03. The summed E-state index contributed by atoms with van der Waals surface area (Å²) in [7, 11) is 0.